The number of hydrogen-bond acceptors (Lipinski definition) is 5. The average Bonchev–Trinajstić information content (AvgIpc) is 3.02. The molecule has 2 fully saturated rings. The maximum absolute atomic E-state index is 12.6. The van der Waals surface area contributed by atoms with Crippen molar-refractivity contribution in [1.82, 2.24) is 14.9 Å². The van der Waals surface area contributed by atoms with Crippen LogP contribution in [0.5, 0.6) is 0 Å². The number of alkyl halides is 2. The summed E-state index contributed by atoms with van der Waals surface area (Å²) in [5.41, 5.74) is 3.07. The summed E-state index contributed by atoms with van der Waals surface area (Å²) in [6.45, 7) is 0. The van der Waals surface area contributed by atoms with Gasteiger partial charge in [0.1, 0.15) is 7.31 Å². The van der Waals surface area contributed by atoms with Crippen LogP contribution in [-0.4, -0.2) is 33.7 Å². The zero-order valence-electron chi connectivity index (χ0n) is 11.8. The van der Waals surface area contributed by atoms with Gasteiger partial charge in [0.2, 0.25) is 11.8 Å². The molecule has 8 heteroatoms. The number of likely N-dealkylation sites (tertiary alicyclic amines) is 1. The summed E-state index contributed by atoms with van der Waals surface area (Å²) in [6.07, 6.45) is 0. The van der Waals surface area contributed by atoms with Gasteiger partial charge in [0.15, 0.2) is 0 Å². The number of fused-ring (bicyclic) bond motifs is 9. The van der Waals surface area contributed by atoms with Crippen molar-refractivity contribution in [3.05, 3.63) is 35.7 Å². The second-order valence-corrected chi connectivity index (χ2v) is 11.0. The predicted molar refractivity (Wildman–Crippen MR) is 93.1 cm³/mol. The topological polar surface area (TPSA) is 63.2 Å². The van der Waals surface area contributed by atoms with Crippen LogP contribution in [0.25, 0.3) is 11.0 Å². The smallest absolute Gasteiger partial charge is 0.235 e. The average molecular weight is 455 g/mol. The molecular weight excluding hydrogens is 446 g/mol. The number of carbonyl (C=O) groups is 2. The lowest BCUT2D eigenvalue weighted by molar-refractivity contribution is -0.138. The number of benzene rings is 1. The van der Waals surface area contributed by atoms with E-state index in [1.165, 1.54) is 16.7 Å². The highest BCUT2D eigenvalue weighted by Gasteiger charge is 2.77. The van der Waals surface area contributed by atoms with E-state index in [1.54, 1.807) is 7.05 Å². The Kier molecular flexibility index (Phi) is 2.59. The first-order chi connectivity index (χ1) is 10.9. The highest BCUT2D eigenvalue weighted by molar-refractivity contribution is 9.13. The lowest BCUT2D eigenvalue weighted by Crippen LogP contribution is -2.37. The minimum Gasteiger partial charge on any atom is -0.285 e. The van der Waals surface area contributed by atoms with Crippen molar-refractivity contribution >= 4 is 66.5 Å². The molecule has 4 heterocycles. The molecule has 5 nitrogen and oxygen atoms in total. The predicted octanol–water partition coefficient (Wildman–Crippen LogP) is 2.72. The molecule has 0 spiro atoms. The van der Waals surface area contributed by atoms with Gasteiger partial charge in [-0.25, -0.2) is 9.97 Å². The number of nitrogens with zero attached hydrogens (tertiary/aromatic N) is 3. The number of halogens is 2. The molecule has 4 atom stereocenters. The van der Waals surface area contributed by atoms with E-state index in [0.717, 1.165) is 22.4 Å². The van der Waals surface area contributed by atoms with E-state index in [1.807, 2.05) is 24.3 Å². The molecule has 0 unspecified atom stereocenters. The van der Waals surface area contributed by atoms with Gasteiger partial charge < -0.3 is 0 Å². The Morgan fingerprint density at radius 2 is 1.43 bits per heavy atom. The van der Waals surface area contributed by atoms with E-state index in [4.69, 9.17) is 9.97 Å². The highest BCUT2D eigenvalue weighted by Crippen LogP contribution is 2.78. The standard InChI is InChI=1S/C15H9Br2N3O2S/c1-20-12(21)8-9(13(20)22)15(17)11-10(14(8,16)23-15)18-6-4-2-3-5-7(6)19-11/h2-5,8-9H,1H3/t8-,9+,14+,15-. The molecule has 3 aliphatic heterocycles. The van der Waals surface area contributed by atoms with Gasteiger partial charge in [-0.05, 0) is 12.1 Å². The maximum atomic E-state index is 12.6. The number of carbonyl (C=O) groups excluding carboxylic acids is 2. The van der Waals surface area contributed by atoms with Gasteiger partial charge in [0.25, 0.3) is 0 Å². The molecule has 0 radical (unpaired) electrons. The maximum Gasteiger partial charge on any atom is 0.235 e. The Morgan fingerprint density at radius 3 is 1.87 bits per heavy atom. The Morgan fingerprint density at radius 1 is 1.00 bits per heavy atom. The van der Waals surface area contributed by atoms with Crippen LogP contribution in [0.2, 0.25) is 0 Å². The second-order valence-electron chi connectivity index (χ2n) is 5.99. The van der Waals surface area contributed by atoms with Crippen LogP contribution in [-0.2, 0) is 16.9 Å². The van der Waals surface area contributed by atoms with E-state index in [0.29, 0.717) is 0 Å². The van der Waals surface area contributed by atoms with Crippen molar-refractivity contribution in [2.24, 2.45) is 11.8 Å². The molecule has 2 saturated heterocycles. The fourth-order valence-electron chi connectivity index (χ4n) is 3.77. The van der Waals surface area contributed by atoms with Crippen LogP contribution >= 0.6 is 43.6 Å². The molecule has 0 aliphatic carbocycles. The molecule has 2 aromatic rings. The molecule has 0 N–H and O–H groups in total. The van der Waals surface area contributed by atoms with Crippen LogP contribution in [0.1, 0.15) is 11.4 Å². The summed E-state index contributed by atoms with van der Waals surface area (Å²) in [5.74, 6) is -1.25. The van der Waals surface area contributed by atoms with Crippen molar-refractivity contribution in [2.45, 2.75) is 7.31 Å². The number of aromatic nitrogens is 2. The zero-order valence-corrected chi connectivity index (χ0v) is 15.8. The zero-order chi connectivity index (χ0) is 16.1. The number of rotatable bonds is 0. The number of amides is 2. The monoisotopic (exact) mass is 453 g/mol. The number of para-hydroxylation sites is 2. The SMILES string of the molecule is CN1C(=O)[C@@H]2[C@H](C1=O)[C@]1(Br)S[C@@]2(Br)c2nc3ccccc3nc21. The van der Waals surface area contributed by atoms with Crippen molar-refractivity contribution in [2.75, 3.05) is 7.05 Å². The summed E-state index contributed by atoms with van der Waals surface area (Å²) in [7, 11) is 1.54. The van der Waals surface area contributed by atoms with E-state index in [2.05, 4.69) is 31.9 Å². The fraction of sp³-hybridized carbons (Fsp3) is 0.333. The first kappa shape index (κ1) is 14.4. The van der Waals surface area contributed by atoms with Crippen LogP contribution in [0.3, 0.4) is 0 Å². The van der Waals surface area contributed by atoms with Gasteiger partial charge in [0.05, 0.1) is 34.3 Å². The second kappa shape index (κ2) is 4.15. The van der Waals surface area contributed by atoms with E-state index >= 15 is 0 Å². The number of imide groups is 1. The Balaban J connectivity index is 1.85. The highest BCUT2D eigenvalue weighted by atomic mass is 79.9. The lowest BCUT2D eigenvalue weighted by Gasteiger charge is -2.29. The third-order valence-electron chi connectivity index (χ3n) is 4.84. The minimum absolute atomic E-state index is 0.161. The Bertz CT molecular complexity index is 866. The van der Waals surface area contributed by atoms with E-state index in [-0.39, 0.29) is 11.8 Å². The minimum atomic E-state index is -0.717. The van der Waals surface area contributed by atoms with E-state index in [9.17, 15) is 9.59 Å². The van der Waals surface area contributed by atoms with Gasteiger partial charge in [-0.3, -0.25) is 14.5 Å². The van der Waals surface area contributed by atoms with Crippen LogP contribution in [0, 0.1) is 11.8 Å². The largest absolute Gasteiger partial charge is 0.285 e. The molecule has 0 saturated carbocycles. The van der Waals surface area contributed by atoms with Crippen molar-refractivity contribution in [3.63, 3.8) is 0 Å². The molecule has 1 aromatic heterocycles. The first-order valence-corrected chi connectivity index (χ1v) is 9.45. The Hall–Kier alpha value is -0.990. The fourth-order valence-corrected chi connectivity index (χ4v) is 9.06. The number of thioether (sulfide) groups is 1. The van der Waals surface area contributed by atoms with Crippen LogP contribution < -0.4 is 0 Å². The lowest BCUT2D eigenvalue weighted by atomic mass is 9.81. The number of hydrogen-bond donors (Lipinski definition) is 0. The summed E-state index contributed by atoms with van der Waals surface area (Å²) < 4.78 is -1.43. The normalized spacial score (nSPS) is 37.6. The molecule has 2 amide bonds. The summed E-state index contributed by atoms with van der Waals surface area (Å²) in [5, 5.41) is 0. The summed E-state index contributed by atoms with van der Waals surface area (Å²) in [4.78, 5) is 35.9. The van der Waals surface area contributed by atoms with Crippen LogP contribution in [0.15, 0.2) is 24.3 Å². The summed E-state index contributed by atoms with van der Waals surface area (Å²) in [6, 6.07) is 7.63. The van der Waals surface area contributed by atoms with Gasteiger partial charge >= 0.3 is 0 Å². The van der Waals surface area contributed by atoms with Gasteiger partial charge in [-0.15, -0.1) is 11.8 Å². The molecule has 116 valence electrons. The van der Waals surface area contributed by atoms with E-state index < -0.39 is 19.1 Å². The quantitative estimate of drug-likeness (QED) is 0.452. The van der Waals surface area contributed by atoms with Crippen molar-refractivity contribution in [3.8, 4) is 0 Å². The molecular formula is C15H9Br2N3O2S. The van der Waals surface area contributed by atoms with Gasteiger partial charge in [0, 0.05) is 7.05 Å². The van der Waals surface area contributed by atoms with Crippen LogP contribution in [0.4, 0.5) is 0 Å². The molecule has 2 bridgehead atoms. The summed E-state index contributed by atoms with van der Waals surface area (Å²) >= 11 is 9.00. The molecule has 1 aromatic carbocycles. The van der Waals surface area contributed by atoms with Crippen molar-refractivity contribution < 1.29 is 9.59 Å². The molecule has 5 rings (SSSR count). The third kappa shape index (κ3) is 1.46. The van der Waals surface area contributed by atoms with Gasteiger partial charge in [-0.1, -0.05) is 44.0 Å². The Labute approximate surface area is 152 Å². The van der Waals surface area contributed by atoms with Gasteiger partial charge in [-0.2, -0.15) is 0 Å². The first-order valence-electron chi connectivity index (χ1n) is 7.05. The third-order valence-corrected chi connectivity index (χ3v) is 9.04. The molecule has 3 aliphatic rings. The molecule has 23 heavy (non-hydrogen) atoms. The van der Waals surface area contributed by atoms with Crippen molar-refractivity contribution in [1.29, 1.82) is 0 Å².